The monoisotopic (exact) mass is 236 g/mol. The standard InChI is InChI=1S/C14H20OS/c1-3-7-13-14(11(2)10-15-13)16-12-8-5-4-6-9-12/h4-6,8-9,11,13-14H,3,7,10H2,1-2H3/t11-,13+,14+/m0/s1. The first-order valence-electron chi connectivity index (χ1n) is 6.14. The fraction of sp³-hybridized carbons (Fsp3) is 0.571. The Morgan fingerprint density at radius 2 is 2.06 bits per heavy atom. The molecule has 2 rings (SSSR count). The molecular formula is C14H20OS. The Bertz CT molecular complexity index is 310. The number of rotatable bonds is 4. The van der Waals surface area contributed by atoms with Gasteiger partial charge in [0, 0.05) is 10.1 Å². The zero-order valence-corrected chi connectivity index (χ0v) is 10.9. The number of ether oxygens (including phenoxy) is 1. The first kappa shape index (κ1) is 12.0. The zero-order chi connectivity index (χ0) is 11.4. The second kappa shape index (κ2) is 5.74. The van der Waals surface area contributed by atoms with Crippen LogP contribution in [0.3, 0.4) is 0 Å². The summed E-state index contributed by atoms with van der Waals surface area (Å²) < 4.78 is 5.87. The van der Waals surface area contributed by atoms with Gasteiger partial charge in [-0.15, -0.1) is 11.8 Å². The minimum Gasteiger partial charge on any atom is -0.377 e. The molecule has 0 spiro atoms. The minimum atomic E-state index is 0.449. The van der Waals surface area contributed by atoms with Gasteiger partial charge in [-0.3, -0.25) is 0 Å². The Morgan fingerprint density at radius 1 is 1.31 bits per heavy atom. The van der Waals surface area contributed by atoms with Crippen molar-refractivity contribution in [3.05, 3.63) is 30.3 Å². The molecule has 0 aromatic heterocycles. The van der Waals surface area contributed by atoms with E-state index in [2.05, 4.69) is 44.2 Å². The second-order valence-corrected chi connectivity index (χ2v) is 5.78. The molecule has 3 atom stereocenters. The molecule has 0 N–H and O–H groups in total. The Hall–Kier alpha value is -0.470. The van der Waals surface area contributed by atoms with Gasteiger partial charge in [0.1, 0.15) is 0 Å². The van der Waals surface area contributed by atoms with Crippen LogP contribution < -0.4 is 0 Å². The average molecular weight is 236 g/mol. The predicted molar refractivity (Wildman–Crippen MR) is 69.9 cm³/mol. The molecule has 1 aromatic rings. The third-order valence-corrected chi connectivity index (χ3v) is 4.67. The van der Waals surface area contributed by atoms with Crippen LogP contribution >= 0.6 is 11.8 Å². The third kappa shape index (κ3) is 2.80. The third-order valence-electron chi connectivity index (χ3n) is 3.09. The summed E-state index contributed by atoms with van der Waals surface area (Å²) >= 11 is 1.98. The van der Waals surface area contributed by atoms with E-state index >= 15 is 0 Å². The smallest absolute Gasteiger partial charge is 0.0700 e. The molecule has 0 bridgehead atoms. The SMILES string of the molecule is CCC[C@H]1OC[C@H](C)[C@H]1Sc1ccccc1. The summed E-state index contributed by atoms with van der Waals surface area (Å²) in [6.45, 7) is 5.46. The van der Waals surface area contributed by atoms with Gasteiger partial charge in [0.25, 0.3) is 0 Å². The molecule has 1 fully saturated rings. The van der Waals surface area contributed by atoms with Crippen molar-refractivity contribution in [3.8, 4) is 0 Å². The van der Waals surface area contributed by atoms with E-state index in [4.69, 9.17) is 4.74 Å². The molecule has 16 heavy (non-hydrogen) atoms. The molecule has 1 aliphatic rings. The first-order valence-corrected chi connectivity index (χ1v) is 7.02. The fourth-order valence-corrected chi connectivity index (χ4v) is 3.52. The number of thioether (sulfide) groups is 1. The van der Waals surface area contributed by atoms with Crippen LogP contribution in [0, 0.1) is 5.92 Å². The summed E-state index contributed by atoms with van der Waals surface area (Å²) in [4.78, 5) is 1.37. The van der Waals surface area contributed by atoms with Gasteiger partial charge in [-0.25, -0.2) is 0 Å². The van der Waals surface area contributed by atoms with Crippen molar-refractivity contribution in [3.63, 3.8) is 0 Å². The van der Waals surface area contributed by atoms with Crippen molar-refractivity contribution >= 4 is 11.8 Å². The van der Waals surface area contributed by atoms with Crippen LogP contribution in [0.25, 0.3) is 0 Å². The number of hydrogen-bond donors (Lipinski definition) is 0. The molecule has 2 heteroatoms. The normalized spacial score (nSPS) is 29.5. The van der Waals surface area contributed by atoms with Crippen LogP contribution in [0.4, 0.5) is 0 Å². The maximum atomic E-state index is 5.87. The van der Waals surface area contributed by atoms with Gasteiger partial charge < -0.3 is 4.74 Å². The van der Waals surface area contributed by atoms with E-state index < -0.39 is 0 Å². The topological polar surface area (TPSA) is 9.23 Å². The van der Waals surface area contributed by atoms with Crippen LogP contribution in [-0.2, 0) is 4.74 Å². The molecular weight excluding hydrogens is 216 g/mol. The second-order valence-electron chi connectivity index (χ2n) is 4.53. The van der Waals surface area contributed by atoms with Crippen LogP contribution in [0.15, 0.2) is 35.2 Å². The molecule has 0 aliphatic carbocycles. The summed E-state index contributed by atoms with van der Waals surface area (Å²) in [6.07, 6.45) is 2.85. The highest BCUT2D eigenvalue weighted by molar-refractivity contribution is 8.00. The number of benzene rings is 1. The van der Waals surface area contributed by atoms with Crippen LogP contribution in [-0.4, -0.2) is 18.0 Å². The Kier molecular flexibility index (Phi) is 4.30. The molecule has 88 valence electrons. The van der Waals surface area contributed by atoms with Gasteiger partial charge in [-0.05, 0) is 24.5 Å². The highest BCUT2D eigenvalue weighted by atomic mass is 32.2. The summed E-state index contributed by atoms with van der Waals surface area (Å²) in [7, 11) is 0. The highest BCUT2D eigenvalue weighted by Crippen LogP contribution is 2.37. The maximum Gasteiger partial charge on any atom is 0.0700 e. The van der Waals surface area contributed by atoms with Crippen molar-refractivity contribution in [2.75, 3.05) is 6.61 Å². The minimum absolute atomic E-state index is 0.449. The van der Waals surface area contributed by atoms with E-state index in [0.29, 0.717) is 17.3 Å². The number of hydrogen-bond acceptors (Lipinski definition) is 2. The van der Waals surface area contributed by atoms with Crippen molar-refractivity contribution in [1.82, 2.24) is 0 Å². The fourth-order valence-electron chi connectivity index (χ4n) is 2.21. The molecule has 0 unspecified atom stereocenters. The van der Waals surface area contributed by atoms with E-state index in [0.717, 1.165) is 6.61 Å². The Balaban J connectivity index is 2.01. The molecule has 1 heterocycles. The molecule has 0 radical (unpaired) electrons. The molecule has 1 aromatic carbocycles. The van der Waals surface area contributed by atoms with Gasteiger partial charge in [-0.1, -0.05) is 38.5 Å². The predicted octanol–water partition coefficient (Wildman–Crippen LogP) is 3.98. The molecule has 0 saturated carbocycles. The molecule has 1 nitrogen and oxygen atoms in total. The van der Waals surface area contributed by atoms with Crippen molar-refractivity contribution in [2.24, 2.45) is 5.92 Å². The maximum absolute atomic E-state index is 5.87. The Morgan fingerprint density at radius 3 is 2.75 bits per heavy atom. The van der Waals surface area contributed by atoms with Crippen molar-refractivity contribution in [1.29, 1.82) is 0 Å². The average Bonchev–Trinajstić information content (AvgIpc) is 2.64. The van der Waals surface area contributed by atoms with Crippen LogP contribution in [0.1, 0.15) is 26.7 Å². The largest absolute Gasteiger partial charge is 0.377 e. The molecule has 1 saturated heterocycles. The lowest BCUT2D eigenvalue weighted by atomic mass is 10.0. The van der Waals surface area contributed by atoms with Gasteiger partial charge in [0.05, 0.1) is 12.7 Å². The van der Waals surface area contributed by atoms with E-state index in [1.165, 1.54) is 17.7 Å². The summed E-state index contributed by atoms with van der Waals surface area (Å²) in [5.74, 6) is 0.668. The lowest BCUT2D eigenvalue weighted by Gasteiger charge is -2.20. The lowest BCUT2D eigenvalue weighted by Crippen LogP contribution is -2.21. The summed E-state index contributed by atoms with van der Waals surface area (Å²) in [5.41, 5.74) is 0. The van der Waals surface area contributed by atoms with E-state index in [1.807, 2.05) is 11.8 Å². The summed E-state index contributed by atoms with van der Waals surface area (Å²) in [5, 5.41) is 0.627. The molecule has 1 aliphatic heterocycles. The van der Waals surface area contributed by atoms with E-state index in [-0.39, 0.29) is 0 Å². The quantitative estimate of drug-likeness (QED) is 0.782. The van der Waals surface area contributed by atoms with Crippen molar-refractivity contribution < 1.29 is 4.74 Å². The van der Waals surface area contributed by atoms with Gasteiger partial charge >= 0.3 is 0 Å². The molecule has 0 amide bonds. The van der Waals surface area contributed by atoms with Crippen LogP contribution in [0.2, 0.25) is 0 Å². The van der Waals surface area contributed by atoms with Crippen molar-refractivity contribution in [2.45, 2.75) is 42.9 Å². The zero-order valence-electron chi connectivity index (χ0n) is 10.1. The highest BCUT2D eigenvalue weighted by Gasteiger charge is 2.34. The Labute approximate surface area is 103 Å². The summed E-state index contributed by atoms with van der Waals surface area (Å²) in [6, 6.07) is 10.7. The van der Waals surface area contributed by atoms with E-state index in [1.54, 1.807) is 0 Å². The van der Waals surface area contributed by atoms with Gasteiger partial charge in [0.2, 0.25) is 0 Å². The van der Waals surface area contributed by atoms with Gasteiger partial charge in [-0.2, -0.15) is 0 Å². The lowest BCUT2D eigenvalue weighted by molar-refractivity contribution is 0.102. The first-order chi connectivity index (χ1) is 7.81. The van der Waals surface area contributed by atoms with E-state index in [9.17, 15) is 0 Å². The van der Waals surface area contributed by atoms with Gasteiger partial charge in [0.15, 0.2) is 0 Å². The van der Waals surface area contributed by atoms with Crippen LogP contribution in [0.5, 0.6) is 0 Å².